The molecule has 0 bridgehead atoms. The van der Waals surface area contributed by atoms with Crippen LogP contribution in [-0.2, 0) is 6.42 Å². The second-order valence-electron chi connectivity index (χ2n) is 3.03. The molecule has 2 aromatic rings. The second kappa shape index (κ2) is 3.75. The summed E-state index contributed by atoms with van der Waals surface area (Å²) >= 11 is 1.26. The fourth-order valence-electron chi connectivity index (χ4n) is 1.27. The molecule has 0 aliphatic rings. The minimum absolute atomic E-state index is 0.217. The minimum Gasteiger partial charge on any atom is -0.389 e. The van der Waals surface area contributed by atoms with Gasteiger partial charge in [0.15, 0.2) is 0 Å². The van der Waals surface area contributed by atoms with E-state index in [0.29, 0.717) is 11.4 Å². The van der Waals surface area contributed by atoms with E-state index in [-0.39, 0.29) is 5.82 Å². The van der Waals surface area contributed by atoms with Gasteiger partial charge in [0.05, 0.1) is 5.69 Å². The van der Waals surface area contributed by atoms with Crippen molar-refractivity contribution in [2.45, 2.75) is 6.42 Å². The Bertz CT molecular complexity index is 439. The molecule has 1 heterocycles. The van der Waals surface area contributed by atoms with Crippen molar-refractivity contribution in [2.24, 2.45) is 0 Å². The summed E-state index contributed by atoms with van der Waals surface area (Å²) in [6.45, 7) is 0. The van der Waals surface area contributed by atoms with Gasteiger partial charge in [0.2, 0.25) is 0 Å². The molecule has 2 rings (SSSR count). The highest BCUT2D eigenvalue weighted by molar-refractivity contribution is 7.10. The van der Waals surface area contributed by atoms with Crippen LogP contribution in [0.3, 0.4) is 0 Å². The fraction of sp³-hybridized carbons (Fsp3) is 0.100. The van der Waals surface area contributed by atoms with Crippen molar-refractivity contribution in [3.8, 4) is 0 Å². The molecule has 72 valence electrons. The van der Waals surface area contributed by atoms with Gasteiger partial charge in [-0.15, -0.1) is 0 Å². The smallest absolute Gasteiger partial charge is 0.123 e. The Kier molecular flexibility index (Phi) is 2.45. The molecule has 0 saturated carbocycles. The molecule has 2 nitrogen and oxygen atoms in total. The lowest BCUT2D eigenvalue weighted by Crippen LogP contribution is -1.88. The van der Waals surface area contributed by atoms with Crippen LogP contribution in [0.4, 0.5) is 9.39 Å². The van der Waals surface area contributed by atoms with Crippen molar-refractivity contribution in [3.63, 3.8) is 0 Å². The van der Waals surface area contributed by atoms with E-state index >= 15 is 0 Å². The van der Waals surface area contributed by atoms with Crippen molar-refractivity contribution in [3.05, 3.63) is 47.4 Å². The summed E-state index contributed by atoms with van der Waals surface area (Å²) in [6.07, 6.45) is 0.630. The lowest BCUT2D eigenvalue weighted by atomic mass is 10.1. The Morgan fingerprint density at radius 2 is 2.21 bits per heavy atom. The molecule has 0 amide bonds. The quantitative estimate of drug-likeness (QED) is 0.823. The number of halogens is 1. The standard InChI is InChI=1S/C10H9FN2S/c11-8-3-1-2-7(4-8)5-9-6-10(12)14-13-9/h1-4,6H,5,12H2. The number of benzene rings is 1. The first-order chi connectivity index (χ1) is 6.74. The van der Waals surface area contributed by atoms with E-state index in [1.54, 1.807) is 6.07 Å². The van der Waals surface area contributed by atoms with Gasteiger partial charge in [-0.05, 0) is 35.3 Å². The molecule has 0 atom stereocenters. The first-order valence-corrected chi connectivity index (χ1v) is 4.97. The van der Waals surface area contributed by atoms with Crippen molar-refractivity contribution in [2.75, 3.05) is 5.73 Å². The van der Waals surface area contributed by atoms with Gasteiger partial charge in [0, 0.05) is 6.42 Å². The van der Waals surface area contributed by atoms with E-state index in [1.807, 2.05) is 12.1 Å². The average Bonchev–Trinajstić information content (AvgIpc) is 2.51. The number of anilines is 1. The summed E-state index contributed by atoms with van der Waals surface area (Å²) in [5.41, 5.74) is 7.34. The zero-order chi connectivity index (χ0) is 9.97. The SMILES string of the molecule is Nc1cc(Cc2cccc(F)c2)ns1. The third kappa shape index (κ3) is 2.09. The Labute approximate surface area is 85.4 Å². The molecule has 0 unspecified atom stereocenters. The van der Waals surface area contributed by atoms with Gasteiger partial charge in [-0.1, -0.05) is 12.1 Å². The van der Waals surface area contributed by atoms with Crippen LogP contribution in [0.2, 0.25) is 0 Å². The number of aromatic nitrogens is 1. The number of nitrogen functional groups attached to an aromatic ring is 1. The minimum atomic E-state index is -0.217. The summed E-state index contributed by atoms with van der Waals surface area (Å²) in [4.78, 5) is 0. The molecule has 0 saturated heterocycles. The third-order valence-corrected chi connectivity index (χ3v) is 2.51. The molecule has 2 N–H and O–H groups in total. The number of hydrogen-bond acceptors (Lipinski definition) is 3. The van der Waals surface area contributed by atoms with Crippen LogP contribution in [0.25, 0.3) is 0 Å². The lowest BCUT2D eigenvalue weighted by molar-refractivity contribution is 0.626. The maximum atomic E-state index is 12.8. The molecule has 1 aromatic carbocycles. The van der Waals surface area contributed by atoms with Crippen molar-refractivity contribution in [1.29, 1.82) is 0 Å². The summed E-state index contributed by atoms with van der Waals surface area (Å²) in [7, 11) is 0. The first-order valence-electron chi connectivity index (χ1n) is 4.19. The topological polar surface area (TPSA) is 38.9 Å². The van der Waals surface area contributed by atoms with Crippen molar-refractivity contribution < 1.29 is 4.39 Å². The molecule has 14 heavy (non-hydrogen) atoms. The van der Waals surface area contributed by atoms with Gasteiger partial charge in [-0.2, -0.15) is 4.37 Å². The van der Waals surface area contributed by atoms with Crippen LogP contribution in [0.1, 0.15) is 11.3 Å². The number of rotatable bonds is 2. The van der Waals surface area contributed by atoms with Gasteiger partial charge in [0.25, 0.3) is 0 Å². The summed E-state index contributed by atoms with van der Waals surface area (Å²) in [6, 6.07) is 8.32. The largest absolute Gasteiger partial charge is 0.389 e. The molecule has 0 fully saturated rings. The molecular weight excluding hydrogens is 199 g/mol. The highest BCUT2D eigenvalue weighted by atomic mass is 32.1. The van der Waals surface area contributed by atoms with Crippen molar-refractivity contribution in [1.82, 2.24) is 4.37 Å². The average molecular weight is 208 g/mol. The first kappa shape index (κ1) is 9.15. The van der Waals surface area contributed by atoms with Gasteiger partial charge in [-0.25, -0.2) is 4.39 Å². The number of hydrogen-bond donors (Lipinski definition) is 1. The Morgan fingerprint density at radius 3 is 2.86 bits per heavy atom. The van der Waals surface area contributed by atoms with Crippen LogP contribution in [-0.4, -0.2) is 4.37 Å². The van der Waals surface area contributed by atoms with Crippen molar-refractivity contribution >= 4 is 16.5 Å². The van der Waals surface area contributed by atoms with E-state index in [1.165, 1.54) is 23.7 Å². The van der Waals surface area contributed by atoms with E-state index < -0.39 is 0 Å². The fourth-order valence-corrected chi connectivity index (χ4v) is 1.80. The molecule has 0 radical (unpaired) electrons. The molecular formula is C10H9FN2S. The molecule has 0 aliphatic heterocycles. The van der Waals surface area contributed by atoms with Crippen LogP contribution in [0, 0.1) is 5.82 Å². The zero-order valence-corrected chi connectivity index (χ0v) is 8.22. The number of nitrogens with two attached hydrogens (primary N) is 1. The van der Waals surface area contributed by atoms with Gasteiger partial charge < -0.3 is 5.73 Å². The van der Waals surface area contributed by atoms with Gasteiger partial charge in [-0.3, -0.25) is 0 Å². The van der Waals surface area contributed by atoms with E-state index in [2.05, 4.69) is 4.37 Å². The van der Waals surface area contributed by atoms with Crippen LogP contribution in [0.15, 0.2) is 30.3 Å². The predicted molar refractivity (Wildman–Crippen MR) is 55.7 cm³/mol. The Hall–Kier alpha value is -1.42. The summed E-state index contributed by atoms with van der Waals surface area (Å²) in [5, 5.41) is 0.691. The number of nitrogens with zero attached hydrogens (tertiary/aromatic N) is 1. The second-order valence-corrected chi connectivity index (χ2v) is 3.86. The lowest BCUT2D eigenvalue weighted by Gasteiger charge is -1.97. The third-order valence-electron chi connectivity index (χ3n) is 1.85. The van der Waals surface area contributed by atoms with E-state index in [4.69, 9.17) is 5.73 Å². The predicted octanol–water partition coefficient (Wildman–Crippen LogP) is 2.46. The Morgan fingerprint density at radius 1 is 1.36 bits per heavy atom. The zero-order valence-electron chi connectivity index (χ0n) is 7.40. The molecule has 1 aromatic heterocycles. The van der Waals surface area contributed by atoms with E-state index in [0.717, 1.165) is 11.3 Å². The maximum absolute atomic E-state index is 12.8. The van der Waals surface area contributed by atoms with Crippen LogP contribution < -0.4 is 5.73 Å². The van der Waals surface area contributed by atoms with E-state index in [9.17, 15) is 4.39 Å². The van der Waals surface area contributed by atoms with Crippen LogP contribution in [0.5, 0.6) is 0 Å². The van der Waals surface area contributed by atoms with Gasteiger partial charge in [0.1, 0.15) is 10.8 Å². The molecule has 4 heteroatoms. The summed E-state index contributed by atoms with van der Waals surface area (Å²) < 4.78 is 17.0. The molecule has 0 aliphatic carbocycles. The normalized spacial score (nSPS) is 10.4. The Balaban J connectivity index is 2.18. The molecule has 0 spiro atoms. The van der Waals surface area contributed by atoms with Gasteiger partial charge >= 0.3 is 0 Å². The monoisotopic (exact) mass is 208 g/mol. The highest BCUT2D eigenvalue weighted by Crippen LogP contribution is 2.15. The summed E-state index contributed by atoms with van der Waals surface area (Å²) in [5.74, 6) is -0.217. The maximum Gasteiger partial charge on any atom is 0.123 e. The van der Waals surface area contributed by atoms with Crippen LogP contribution >= 0.6 is 11.5 Å². The highest BCUT2D eigenvalue weighted by Gasteiger charge is 2.01.